The van der Waals surface area contributed by atoms with E-state index in [-0.39, 0.29) is 21.9 Å². The third-order valence-electron chi connectivity index (χ3n) is 2.51. The van der Waals surface area contributed by atoms with Crippen LogP contribution < -0.4 is 4.74 Å². The van der Waals surface area contributed by atoms with E-state index in [9.17, 15) is 13.6 Å². The van der Waals surface area contributed by atoms with Gasteiger partial charge in [-0.05, 0) is 24.3 Å². The van der Waals surface area contributed by atoms with Gasteiger partial charge in [-0.3, -0.25) is 0 Å². The van der Waals surface area contributed by atoms with Gasteiger partial charge >= 0.3 is 5.97 Å². The average Bonchev–Trinajstić information content (AvgIpc) is 2.42. The highest BCUT2D eigenvalue weighted by Gasteiger charge is 2.18. The van der Waals surface area contributed by atoms with Gasteiger partial charge in [0.25, 0.3) is 0 Å². The quantitative estimate of drug-likeness (QED) is 0.931. The minimum Gasteiger partial charge on any atom is -0.478 e. The van der Waals surface area contributed by atoms with Crippen molar-refractivity contribution in [2.45, 2.75) is 0 Å². The van der Waals surface area contributed by atoms with Crippen molar-refractivity contribution in [3.63, 3.8) is 0 Å². The molecule has 4 nitrogen and oxygen atoms in total. The first-order chi connectivity index (χ1) is 9.92. The first-order valence-corrected chi connectivity index (χ1v) is 5.90. The summed E-state index contributed by atoms with van der Waals surface area (Å²) in [5.41, 5.74) is -0.524. The van der Waals surface area contributed by atoms with E-state index in [1.54, 1.807) is 6.07 Å². The number of hydrogen-bond acceptors (Lipinski definition) is 3. The molecule has 1 N–H and O–H groups in total. The van der Waals surface area contributed by atoms with Crippen molar-refractivity contribution < 1.29 is 23.4 Å². The molecule has 0 radical (unpaired) electrons. The van der Waals surface area contributed by atoms with E-state index < -0.39 is 23.4 Å². The van der Waals surface area contributed by atoms with Crippen LogP contribution in [-0.2, 0) is 0 Å². The van der Waals surface area contributed by atoms with E-state index >= 15 is 0 Å². The molecule has 2 aromatic carbocycles. The van der Waals surface area contributed by atoms with Gasteiger partial charge < -0.3 is 9.84 Å². The van der Waals surface area contributed by atoms with Crippen LogP contribution in [0.5, 0.6) is 11.5 Å². The number of nitriles is 1. The number of ether oxygens (including phenoxy) is 1. The van der Waals surface area contributed by atoms with Crippen LogP contribution in [0.4, 0.5) is 8.78 Å². The van der Waals surface area contributed by atoms with Gasteiger partial charge in [0.2, 0.25) is 0 Å². The van der Waals surface area contributed by atoms with E-state index in [0.29, 0.717) is 0 Å². The number of aromatic carboxylic acids is 1. The van der Waals surface area contributed by atoms with E-state index in [1.165, 1.54) is 6.07 Å². The zero-order valence-corrected chi connectivity index (χ0v) is 11.0. The Balaban J connectivity index is 2.51. The van der Waals surface area contributed by atoms with Gasteiger partial charge in [-0.15, -0.1) is 0 Å². The Morgan fingerprint density at radius 2 is 1.86 bits per heavy atom. The summed E-state index contributed by atoms with van der Waals surface area (Å²) in [7, 11) is 0. The smallest absolute Gasteiger partial charge is 0.339 e. The van der Waals surface area contributed by atoms with Crippen LogP contribution in [0.25, 0.3) is 0 Å². The second-order valence-corrected chi connectivity index (χ2v) is 4.36. The topological polar surface area (TPSA) is 70.3 Å². The molecule has 0 fully saturated rings. The average molecular weight is 310 g/mol. The van der Waals surface area contributed by atoms with Gasteiger partial charge in [0.1, 0.15) is 11.3 Å². The summed E-state index contributed by atoms with van der Waals surface area (Å²) in [6, 6.07) is 6.74. The molecule has 0 heterocycles. The molecule has 0 atom stereocenters. The first-order valence-electron chi connectivity index (χ1n) is 5.52. The lowest BCUT2D eigenvalue weighted by Gasteiger charge is -2.11. The lowest BCUT2D eigenvalue weighted by Crippen LogP contribution is -2.02. The Kier molecular flexibility index (Phi) is 4.05. The molecule has 0 aliphatic heterocycles. The number of benzene rings is 2. The molecule has 21 heavy (non-hydrogen) atoms. The summed E-state index contributed by atoms with van der Waals surface area (Å²) in [6.07, 6.45) is 0. The van der Waals surface area contributed by atoms with Crippen molar-refractivity contribution in [2.24, 2.45) is 0 Å². The van der Waals surface area contributed by atoms with E-state index in [1.807, 2.05) is 0 Å². The zero-order chi connectivity index (χ0) is 15.6. The van der Waals surface area contributed by atoms with Crippen molar-refractivity contribution in [3.8, 4) is 17.6 Å². The highest BCUT2D eigenvalue weighted by Crippen LogP contribution is 2.32. The van der Waals surface area contributed by atoms with Crippen molar-refractivity contribution in [3.05, 3.63) is 58.1 Å². The fraction of sp³-hybridized carbons (Fsp3) is 0. The molecule has 0 saturated carbocycles. The number of halogens is 3. The van der Waals surface area contributed by atoms with Gasteiger partial charge in [0.15, 0.2) is 17.4 Å². The molecule has 7 heteroatoms. The Bertz CT molecular complexity index is 748. The minimum atomic E-state index is -1.34. The number of carbonyl (C=O) groups is 1. The largest absolute Gasteiger partial charge is 0.478 e. The van der Waals surface area contributed by atoms with E-state index in [2.05, 4.69) is 0 Å². The normalized spacial score (nSPS) is 10.0. The minimum absolute atomic E-state index is 0.143. The second kappa shape index (κ2) is 5.77. The van der Waals surface area contributed by atoms with Crippen molar-refractivity contribution in [2.75, 3.05) is 0 Å². The van der Waals surface area contributed by atoms with Gasteiger partial charge in [-0.25, -0.2) is 13.6 Å². The Morgan fingerprint density at radius 1 is 1.24 bits per heavy atom. The van der Waals surface area contributed by atoms with Crippen LogP contribution >= 0.6 is 11.6 Å². The van der Waals surface area contributed by atoms with Gasteiger partial charge in [-0.2, -0.15) is 5.26 Å². The molecule has 0 saturated heterocycles. The van der Waals surface area contributed by atoms with Crippen LogP contribution in [-0.4, -0.2) is 11.1 Å². The maximum absolute atomic E-state index is 13.7. The van der Waals surface area contributed by atoms with Crippen LogP contribution in [0.3, 0.4) is 0 Å². The van der Waals surface area contributed by atoms with Gasteiger partial charge in [0, 0.05) is 11.1 Å². The lowest BCUT2D eigenvalue weighted by atomic mass is 10.2. The Morgan fingerprint density at radius 3 is 2.38 bits per heavy atom. The fourth-order valence-electron chi connectivity index (χ4n) is 1.59. The van der Waals surface area contributed by atoms with Crippen molar-refractivity contribution in [1.82, 2.24) is 0 Å². The predicted octanol–water partition coefficient (Wildman–Crippen LogP) is 3.98. The highest BCUT2D eigenvalue weighted by molar-refractivity contribution is 6.30. The predicted molar refractivity (Wildman–Crippen MR) is 69.6 cm³/mol. The molecule has 0 bridgehead atoms. The highest BCUT2D eigenvalue weighted by atomic mass is 35.5. The Labute approximate surface area is 122 Å². The van der Waals surface area contributed by atoms with Crippen LogP contribution in [0.2, 0.25) is 5.02 Å². The van der Waals surface area contributed by atoms with Crippen molar-refractivity contribution in [1.29, 1.82) is 5.26 Å². The molecule has 0 spiro atoms. The first kappa shape index (κ1) is 14.8. The summed E-state index contributed by atoms with van der Waals surface area (Å²) in [5, 5.41) is 17.7. The fourth-order valence-corrected chi connectivity index (χ4v) is 1.75. The number of rotatable bonds is 3. The summed E-state index contributed by atoms with van der Waals surface area (Å²) in [6.45, 7) is 0. The van der Waals surface area contributed by atoms with Crippen LogP contribution in [0, 0.1) is 23.0 Å². The molecule has 0 aliphatic carbocycles. The molecule has 2 aromatic rings. The number of hydrogen-bond donors (Lipinski definition) is 1. The number of nitrogens with zero attached hydrogens (tertiary/aromatic N) is 1. The molecule has 106 valence electrons. The molecule has 2 rings (SSSR count). The monoisotopic (exact) mass is 309 g/mol. The number of carboxylic acid groups (broad SMARTS) is 1. The molecule has 0 aromatic heterocycles. The molecule has 0 aliphatic rings. The number of carboxylic acids is 1. The van der Waals surface area contributed by atoms with E-state index in [0.717, 1.165) is 24.3 Å². The SMILES string of the molecule is N#Cc1cc(F)c(Oc2cc(Cl)ccc2C(=O)O)c(F)c1. The third-order valence-corrected chi connectivity index (χ3v) is 2.75. The van der Waals surface area contributed by atoms with Crippen LogP contribution in [0.15, 0.2) is 30.3 Å². The second-order valence-electron chi connectivity index (χ2n) is 3.93. The standard InChI is InChI=1S/C14H6ClF2NO3/c15-8-1-2-9(14(19)20)12(5-8)21-13-10(16)3-7(6-18)4-11(13)17/h1-5H,(H,19,20). The molecule has 0 amide bonds. The zero-order valence-electron chi connectivity index (χ0n) is 10.2. The third kappa shape index (κ3) is 3.09. The molecule has 0 unspecified atom stereocenters. The maximum Gasteiger partial charge on any atom is 0.339 e. The summed E-state index contributed by atoms with van der Waals surface area (Å²) in [5.74, 6) is -4.70. The maximum atomic E-state index is 13.7. The van der Waals surface area contributed by atoms with Gasteiger partial charge in [0.05, 0.1) is 11.6 Å². The summed E-state index contributed by atoms with van der Waals surface area (Å²) < 4.78 is 32.4. The molecular weight excluding hydrogens is 304 g/mol. The summed E-state index contributed by atoms with van der Waals surface area (Å²) in [4.78, 5) is 11.0. The van der Waals surface area contributed by atoms with Crippen molar-refractivity contribution >= 4 is 17.6 Å². The summed E-state index contributed by atoms with van der Waals surface area (Å²) >= 11 is 5.71. The lowest BCUT2D eigenvalue weighted by molar-refractivity contribution is 0.0694. The Hall–Kier alpha value is -2.65. The van der Waals surface area contributed by atoms with E-state index in [4.69, 9.17) is 26.7 Å². The molecular formula is C14H6ClF2NO3. The van der Waals surface area contributed by atoms with Crippen LogP contribution in [0.1, 0.15) is 15.9 Å². The van der Waals surface area contributed by atoms with Gasteiger partial charge in [-0.1, -0.05) is 11.6 Å².